The van der Waals surface area contributed by atoms with Crippen molar-refractivity contribution in [2.75, 3.05) is 11.9 Å². The monoisotopic (exact) mass is 122 g/mol. The molecule has 0 bridgehead atoms. The van der Waals surface area contributed by atoms with Gasteiger partial charge in [-0.05, 0) is 0 Å². The molecule has 0 saturated carbocycles. The summed E-state index contributed by atoms with van der Waals surface area (Å²) >= 11 is 0. The van der Waals surface area contributed by atoms with Crippen LogP contribution in [-0.2, 0) is 0 Å². The maximum Gasteiger partial charge on any atom is 0.150 e. The zero-order valence-corrected chi connectivity index (χ0v) is 4.78. The zero-order valence-electron chi connectivity index (χ0n) is 4.78. The molecule has 1 aliphatic heterocycles. The maximum absolute atomic E-state index is 3.97. The quantitative estimate of drug-likeness (QED) is 0.532. The molecule has 9 heavy (non-hydrogen) atoms. The highest BCUT2D eigenvalue weighted by atomic mass is 15.5. The predicted molar refractivity (Wildman–Crippen MR) is 34.6 cm³/mol. The molecule has 0 fully saturated rings. The van der Waals surface area contributed by atoms with Crippen LogP contribution in [0.4, 0.5) is 5.82 Å². The lowest BCUT2D eigenvalue weighted by Gasteiger charge is -2.06. The third-order valence-corrected chi connectivity index (χ3v) is 1.19. The molecule has 1 aromatic rings. The summed E-state index contributed by atoms with van der Waals surface area (Å²) in [6.45, 7) is 0.797. The summed E-state index contributed by atoms with van der Waals surface area (Å²) in [5.74, 6) is 0.956. The summed E-state index contributed by atoms with van der Waals surface area (Å²) in [5, 5.41) is 11.0. The van der Waals surface area contributed by atoms with E-state index in [1.165, 1.54) is 0 Å². The summed E-state index contributed by atoms with van der Waals surface area (Å²) in [6.07, 6.45) is 3.49. The van der Waals surface area contributed by atoms with Crippen LogP contribution in [0.5, 0.6) is 0 Å². The molecule has 1 aliphatic rings. The molecule has 0 spiro atoms. The van der Waals surface area contributed by atoms with Gasteiger partial charge in [0, 0.05) is 12.3 Å². The summed E-state index contributed by atoms with van der Waals surface area (Å²) in [7, 11) is 0. The highest BCUT2D eigenvalue weighted by molar-refractivity contribution is 5.66. The molecule has 0 atom stereocenters. The Morgan fingerprint density at radius 3 is 3.56 bits per heavy atom. The fraction of sp³-hybridized carbons (Fsp3) is 0.200. The molecule has 0 radical (unpaired) electrons. The third kappa shape index (κ3) is 0.595. The smallest absolute Gasteiger partial charge is 0.150 e. The highest BCUT2D eigenvalue weighted by Crippen LogP contribution is 2.06. The summed E-state index contributed by atoms with van der Waals surface area (Å²) < 4.78 is 0. The number of hydrogen-bond acceptors (Lipinski definition) is 3. The third-order valence-electron chi connectivity index (χ3n) is 1.19. The predicted octanol–water partition coefficient (Wildman–Crippen LogP) is 0.143. The van der Waals surface area contributed by atoms with Crippen molar-refractivity contribution in [3.8, 4) is 0 Å². The van der Waals surface area contributed by atoms with Gasteiger partial charge in [0.25, 0.3) is 0 Å². The SMILES string of the molecule is C1=Nn2nccc2NC1. The van der Waals surface area contributed by atoms with Gasteiger partial charge in [0.15, 0.2) is 0 Å². The molecule has 2 rings (SSSR count). The number of hydrogen-bond donors (Lipinski definition) is 1. The Labute approximate surface area is 52.2 Å². The van der Waals surface area contributed by atoms with E-state index in [0.717, 1.165) is 12.4 Å². The minimum Gasteiger partial charge on any atom is -0.363 e. The summed E-state index contributed by atoms with van der Waals surface area (Å²) in [5.41, 5.74) is 0. The van der Waals surface area contributed by atoms with Gasteiger partial charge in [0.2, 0.25) is 0 Å². The second-order valence-electron chi connectivity index (χ2n) is 1.78. The van der Waals surface area contributed by atoms with Crippen LogP contribution in [0.15, 0.2) is 17.4 Å². The van der Waals surface area contributed by atoms with Crippen molar-refractivity contribution in [2.24, 2.45) is 5.10 Å². The fourth-order valence-corrected chi connectivity index (χ4v) is 0.786. The molecule has 0 unspecified atom stereocenters. The lowest BCUT2D eigenvalue weighted by molar-refractivity contribution is 0.739. The lowest BCUT2D eigenvalue weighted by atomic mass is 10.6. The molecular formula is C5H6N4. The Kier molecular flexibility index (Phi) is 0.798. The standard InChI is InChI=1S/C5H6N4/c1-2-7-9-5(1)6-3-4-8-9/h1-2,4,6H,3H2. The van der Waals surface area contributed by atoms with E-state index in [1.54, 1.807) is 17.2 Å². The summed E-state index contributed by atoms with van der Waals surface area (Å²) in [6, 6.07) is 1.89. The molecule has 0 aromatic carbocycles. The van der Waals surface area contributed by atoms with Crippen molar-refractivity contribution in [2.45, 2.75) is 0 Å². The number of nitrogens with one attached hydrogen (secondary N) is 1. The molecule has 4 nitrogen and oxygen atoms in total. The fourth-order valence-electron chi connectivity index (χ4n) is 0.786. The number of aromatic nitrogens is 2. The van der Waals surface area contributed by atoms with E-state index in [0.29, 0.717) is 0 Å². The van der Waals surface area contributed by atoms with Gasteiger partial charge in [-0.3, -0.25) is 0 Å². The lowest BCUT2D eigenvalue weighted by Crippen LogP contribution is -2.12. The van der Waals surface area contributed by atoms with Crippen molar-refractivity contribution < 1.29 is 0 Å². The van der Waals surface area contributed by atoms with E-state index in [1.807, 2.05) is 6.07 Å². The first-order valence-electron chi connectivity index (χ1n) is 2.77. The first-order valence-corrected chi connectivity index (χ1v) is 2.77. The van der Waals surface area contributed by atoms with Gasteiger partial charge in [0.1, 0.15) is 5.82 Å². The normalized spacial score (nSPS) is 14.7. The van der Waals surface area contributed by atoms with Gasteiger partial charge in [-0.1, -0.05) is 0 Å². The molecule has 2 heterocycles. The Morgan fingerprint density at radius 1 is 1.67 bits per heavy atom. The van der Waals surface area contributed by atoms with Crippen molar-refractivity contribution in [1.29, 1.82) is 0 Å². The van der Waals surface area contributed by atoms with Crippen molar-refractivity contribution in [3.05, 3.63) is 12.3 Å². The number of anilines is 1. The van der Waals surface area contributed by atoms with E-state index < -0.39 is 0 Å². The minimum atomic E-state index is 0.797. The molecule has 46 valence electrons. The van der Waals surface area contributed by atoms with Crippen LogP contribution in [0.1, 0.15) is 0 Å². The van der Waals surface area contributed by atoms with Gasteiger partial charge in [-0.25, -0.2) is 0 Å². The Bertz CT molecular complexity index is 237. The molecule has 0 amide bonds. The molecule has 1 aromatic heterocycles. The van der Waals surface area contributed by atoms with E-state index in [9.17, 15) is 0 Å². The summed E-state index contributed by atoms with van der Waals surface area (Å²) in [4.78, 5) is 1.56. The number of rotatable bonds is 0. The van der Waals surface area contributed by atoms with E-state index >= 15 is 0 Å². The topological polar surface area (TPSA) is 42.2 Å². The van der Waals surface area contributed by atoms with Crippen molar-refractivity contribution in [3.63, 3.8) is 0 Å². The minimum absolute atomic E-state index is 0.797. The highest BCUT2D eigenvalue weighted by Gasteiger charge is 2.00. The van der Waals surface area contributed by atoms with Gasteiger partial charge in [0.05, 0.1) is 12.7 Å². The zero-order chi connectivity index (χ0) is 6.10. The second kappa shape index (κ2) is 1.58. The first-order chi connectivity index (χ1) is 4.47. The van der Waals surface area contributed by atoms with Crippen LogP contribution in [0.3, 0.4) is 0 Å². The second-order valence-corrected chi connectivity index (χ2v) is 1.78. The van der Waals surface area contributed by atoms with E-state index in [2.05, 4.69) is 15.5 Å². The van der Waals surface area contributed by atoms with Gasteiger partial charge in [-0.2, -0.15) is 10.2 Å². The van der Waals surface area contributed by atoms with Crippen LogP contribution in [0.2, 0.25) is 0 Å². The molecular weight excluding hydrogens is 116 g/mol. The first kappa shape index (κ1) is 4.55. The Balaban J connectivity index is 2.53. The molecule has 0 aliphatic carbocycles. The molecule has 1 N–H and O–H groups in total. The van der Waals surface area contributed by atoms with Crippen molar-refractivity contribution >= 4 is 12.0 Å². The van der Waals surface area contributed by atoms with Crippen LogP contribution in [0, 0.1) is 0 Å². The van der Waals surface area contributed by atoms with Gasteiger partial charge >= 0.3 is 0 Å². The molecule has 0 saturated heterocycles. The van der Waals surface area contributed by atoms with Gasteiger partial charge in [-0.15, -0.1) is 4.79 Å². The van der Waals surface area contributed by atoms with Crippen LogP contribution in [0.25, 0.3) is 0 Å². The van der Waals surface area contributed by atoms with Crippen LogP contribution < -0.4 is 5.32 Å². The van der Waals surface area contributed by atoms with E-state index in [4.69, 9.17) is 0 Å². The van der Waals surface area contributed by atoms with Crippen LogP contribution >= 0.6 is 0 Å². The average molecular weight is 122 g/mol. The van der Waals surface area contributed by atoms with Gasteiger partial charge < -0.3 is 5.32 Å². The van der Waals surface area contributed by atoms with Crippen LogP contribution in [-0.4, -0.2) is 22.6 Å². The largest absolute Gasteiger partial charge is 0.363 e. The Hall–Kier alpha value is -1.32. The van der Waals surface area contributed by atoms with E-state index in [-0.39, 0.29) is 0 Å². The number of fused-ring (bicyclic) bond motifs is 1. The Morgan fingerprint density at radius 2 is 2.67 bits per heavy atom. The average Bonchev–Trinajstić information content (AvgIpc) is 2.33. The maximum atomic E-state index is 3.97. The number of nitrogens with zero attached hydrogens (tertiary/aromatic N) is 3. The molecule has 4 heteroatoms. The van der Waals surface area contributed by atoms with Crippen molar-refractivity contribution in [1.82, 2.24) is 9.89 Å².